The topological polar surface area (TPSA) is 83.7 Å². The summed E-state index contributed by atoms with van der Waals surface area (Å²) in [6.45, 7) is 0. The first kappa shape index (κ1) is 18.1. The van der Waals surface area contributed by atoms with Gasteiger partial charge in [-0.2, -0.15) is 0 Å². The third-order valence-electron chi connectivity index (χ3n) is 4.63. The van der Waals surface area contributed by atoms with E-state index in [9.17, 15) is 4.79 Å². The number of fused-ring (bicyclic) bond motifs is 1. The Balaban J connectivity index is 1.56. The summed E-state index contributed by atoms with van der Waals surface area (Å²) in [6, 6.07) is 19.5. The van der Waals surface area contributed by atoms with Crippen molar-refractivity contribution in [2.75, 3.05) is 0 Å². The van der Waals surface area contributed by atoms with Gasteiger partial charge in [0, 0.05) is 17.4 Å². The molecule has 0 saturated heterocycles. The van der Waals surface area contributed by atoms with E-state index in [0.29, 0.717) is 33.1 Å². The van der Waals surface area contributed by atoms with Gasteiger partial charge in [0.2, 0.25) is 0 Å². The SMILES string of the molecule is O=C(Oc1ccc(Cl)cc1)c1ccc2nc(-c3ccc[nH]3)c(-c3ccc[nH]3)nc2c1. The molecule has 0 unspecified atom stereocenters. The normalized spacial score (nSPS) is 11.0. The maximum atomic E-state index is 12.6. The number of rotatable bonds is 4. The molecular formula is C23H15ClN4O2. The summed E-state index contributed by atoms with van der Waals surface area (Å²) >= 11 is 5.88. The highest BCUT2D eigenvalue weighted by Gasteiger charge is 2.16. The zero-order chi connectivity index (χ0) is 20.5. The van der Waals surface area contributed by atoms with Crippen molar-refractivity contribution in [3.8, 4) is 28.5 Å². The van der Waals surface area contributed by atoms with Gasteiger partial charge in [-0.15, -0.1) is 0 Å². The van der Waals surface area contributed by atoms with Crippen LogP contribution in [0.3, 0.4) is 0 Å². The first-order valence-corrected chi connectivity index (χ1v) is 9.62. The monoisotopic (exact) mass is 414 g/mol. The van der Waals surface area contributed by atoms with E-state index in [1.54, 1.807) is 42.5 Å². The van der Waals surface area contributed by atoms with Crippen molar-refractivity contribution in [3.63, 3.8) is 0 Å². The first-order valence-electron chi connectivity index (χ1n) is 9.24. The molecule has 0 bridgehead atoms. The van der Waals surface area contributed by atoms with E-state index < -0.39 is 5.97 Å². The molecule has 0 amide bonds. The van der Waals surface area contributed by atoms with Crippen LogP contribution < -0.4 is 4.74 Å². The average molecular weight is 415 g/mol. The van der Waals surface area contributed by atoms with Gasteiger partial charge in [0.25, 0.3) is 0 Å². The van der Waals surface area contributed by atoms with E-state index in [4.69, 9.17) is 26.3 Å². The Morgan fingerprint density at radius 2 is 1.43 bits per heavy atom. The van der Waals surface area contributed by atoms with Gasteiger partial charge in [0.1, 0.15) is 17.1 Å². The standard InChI is InChI=1S/C23H15ClN4O2/c24-15-6-8-16(9-7-15)30-23(29)14-5-10-17-20(13-14)28-22(19-4-2-12-26-19)21(27-17)18-3-1-11-25-18/h1-13,25-26H. The average Bonchev–Trinajstić information content (AvgIpc) is 3.48. The Morgan fingerprint density at radius 1 is 0.800 bits per heavy atom. The molecular weight excluding hydrogens is 400 g/mol. The van der Waals surface area contributed by atoms with Crippen molar-refractivity contribution in [2.45, 2.75) is 0 Å². The van der Waals surface area contributed by atoms with Crippen LogP contribution in [0, 0.1) is 0 Å². The highest BCUT2D eigenvalue weighted by molar-refractivity contribution is 6.30. The van der Waals surface area contributed by atoms with Crippen LogP contribution in [0.5, 0.6) is 5.75 Å². The van der Waals surface area contributed by atoms with Crippen LogP contribution in [0.2, 0.25) is 5.02 Å². The lowest BCUT2D eigenvalue weighted by atomic mass is 10.1. The Bertz CT molecular complexity index is 1330. The van der Waals surface area contributed by atoms with Gasteiger partial charge in [0.05, 0.1) is 28.0 Å². The lowest BCUT2D eigenvalue weighted by Gasteiger charge is -2.09. The fraction of sp³-hybridized carbons (Fsp3) is 0. The molecule has 2 N–H and O–H groups in total. The number of nitrogens with zero attached hydrogens (tertiary/aromatic N) is 2. The third-order valence-corrected chi connectivity index (χ3v) is 4.88. The number of nitrogens with one attached hydrogen (secondary N) is 2. The van der Waals surface area contributed by atoms with Crippen molar-refractivity contribution in [1.29, 1.82) is 0 Å². The molecule has 0 aliphatic carbocycles. The van der Waals surface area contributed by atoms with E-state index >= 15 is 0 Å². The number of ether oxygens (including phenoxy) is 1. The molecule has 2 aromatic carbocycles. The summed E-state index contributed by atoms with van der Waals surface area (Å²) in [7, 11) is 0. The van der Waals surface area contributed by atoms with Gasteiger partial charge in [-0.3, -0.25) is 0 Å². The quantitative estimate of drug-likeness (QED) is 0.301. The number of hydrogen-bond donors (Lipinski definition) is 2. The van der Waals surface area contributed by atoms with Crippen LogP contribution in [0.1, 0.15) is 10.4 Å². The smallest absolute Gasteiger partial charge is 0.343 e. The second-order valence-electron chi connectivity index (χ2n) is 6.64. The summed E-state index contributed by atoms with van der Waals surface area (Å²) in [5.41, 5.74) is 4.78. The van der Waals surface area contributed by atoms with Gasteiger partial charge >= 0.3 is 5.97 Å². The molecule has 30 heavy (non-hydrogen) atoms. The molecule has 3 aromatic heterocycles. The lowest BCUT2D eigenvalue weighted by Crippen LogP contribution is -2.08. The number of aromatic amines is 2. The molecule has 3 heterocycles. The number of carbonyl (C=O) groups excluding carboxylic acids is 1. The van der Waals surface area contributed by atoms with Crippen molar-refractivity contribution in [3.05, 3.63) is 89.7 Å². The predicted octanol–water partition coefficient (Wildman–Crippen LogP) is 5.49. The third kappa shape index (κ3) is 3.44. The Kier molecular flexibility index (Phi) is 4.53. The molecule has 5 rings (SSSR count). The number of H-pyrrole nitrogens is 2. The summed E-state index contributed by atoms with van der Waals surface area (Å²) in [5.74, 6) is -0.0550. The molecule has 0 saturated carbocycles. The number of halogens is 1. The van der Waals surface area contributed by atoms with Crippen LogP contribution in [0.25, 0.3) is 33.8 Å². The van der Waals surface area contributed by atoms with E-state index in [1.165, 1.54) is 0 Å². The van der Waals surface area contributed by atoms with Crippen molar-refractivity contribution >= 4 is 28.6 Å². The molecule has 0 atom stereocenters. The molecule has 7 heteroatoms. The fourth-order valence-electron chi connectivity index (χ4n) is 3.18. The molecule has 0 aliphatic heterocycles. The number of benzene rings is 2. The van der Waals surface area contributed by atoms with Crippen LogP contribution in [-0.4, -0.2) is 25.9 Å². The van der Waals surface area contributed by atoms with Crippen molar-refractivity contribution < 1.29 is 9.53 Å². The van der Waals surface area contributed by atoms with Crippen LogP contribution in [0.4, 0.5) is 0 Å². The highest BCUT2D eigenvalue weighted by Crippen LogP contribution is 2.29. The minimum absolute atomic E-state index is 0.386. The Labute approximate surface area is 176 Å². The van der Waals surface area contributed by atoms with Gasteiger partial charge in [-0.05, 0) is 66.7 Å². The molecule has 0 aliphatic rings. The minimum Gasteiger partial charge on any atom is -0.423 e. The Hall–Kier alpha value is -3.90. The molecule has 146 valence electrons. The van der Waals surface area contributed by atoms with Crippen molar-refractivity contribution in [2.24, 2.45) is 0 Å². The van der Waals surface area contributed by atoms with Gasteiger partial charge in [-0.1, -0.05) is 11.6 Å². The number of carbonyl (C=O) groups is 1. The number of aromatic nitrogens is 4. The van der Waals surface area contributed by atoms with E-state index in [0.717, 1.165) is 17.1 Å². The summed E-state index contributed by atoms with van der Waals surface area (Å²) in [6.07, 6.45) is 3.68. The number of esters is 1. The molecule has 5 aromatic rings. The van der Waals surface area contributed by atoms with Crippen LogP contribution >= 0.6 is 11.6 Å². The highest BCUT2D eigenvalue weighted by atomic mass is 35.5. The molecule has 0 fully saturated rings. The maximum Gasteiger partial charge on any atom is 0.343 e. The molecule has 0 radical (unpaired) electrons. The van der Waals surface area contributed by atoms with E-state index in [1.807, 2.05) is 36.7 Å². The second kappa shape index (κ2) is 7.50. The van der Waals surface area contributed by atoms with Gasteiger partial charge < -0.3 is 14.7 Å². The zero-order valence-electron chi connectivity index (χ0n) is 15.6. The fourth-order valence-corrected chi connectivity index (χ4v) is 3.31. The summed E-state index contributed by atoms with van der Waals surface area (Å²) in [5, 5.41) is 0.575. The van der Waals surface area contributed by atoms with Gasteiger partial charge in [0.15, 0.2) is 0 Å². The van der Waals surface area contributed by atoms with Gasteiger partial charge in [-0.25, -0.2) is 14.8 Å². The summed E-state index contributed by atoms with van der Waals surface area (Å²) in [4.78, 5) is 28.5. The summed E-state index contributed by atoms with van der Waals surface area (Å²) < 4.78 is 5.43. The minimum atomic E-state index is -0.476. The van der Waals surface area contributed by atoms with Crippen LogP contribution in [-0.2, 0) is 0 Å². The largest absolute Gasteiger partial charge is 0.423 e. The second-order valence-corrected chi connectivity index (χ2v) is 7.07. The number of hydrogen-bond acceptors (Lipinski definition) is 4. The molecule has 6 nitrogen and oxygen atoms in total. The van der Waals surface area contributed by atoms with E-state index in [2.05, 4.69) is 9.97 Å². The molecule has 0 spiro atoms. The van der Waals surface area contributed by atoms with Crippen molar-refractivity contribution in [1.82, 2.24) is 19.9 Å². The van der Waals surface area contributed by atoms with E-state index in [-0.39, 0.29) is 0 Å². The Morgan fingerprint density at radius 3 is 2.03 bits per heavy atom. The maximum absolute atomic E-state index is 12.6. The lowest BCUT2D eigenvalue weighted by molar-refractivity contribution is 0.0735. The van der Waals surface area contributed by atoms with Crippen LogP contribution in [0.15, 0.2) is 79.1 Å². The zero-order valence-corrected chi connectivity index (χ0v) is 16.4. The predicted molar refractivity (Wildman–Crippen MR) is 116 cm³/mol. The first-order chi connectivity index (χ1) is 14.7.